The quantitative estimate of drug-likeness (QED) is 0.224. The van der Waals surface area contributed by atoms with Gasteiger partial charge in [-0.3, -0.25) is 28.8 Å². The van der Waals surface area contributed by atoms with Crippen LogP contribution in [0.15, 0.2) is 0 Å². The largest absolute Gasteiger partial charge is 0.481 e. The number of carbonyl (C=O) groups is 6. The summed E-state index contributed by atoms with van der Waals surface area (Å²) in [7, 11) is 0. The van der Waals surface area contributed by atoms with Gasteiger partial charge in [0.05, 0.1) is 0 Å². The van der Waals surface area contributed by atoms with E-state index >= 15 is 0 Å². The zero-order valence-corrected chi connectivity index (χ0v) is 17.4. The minimum atomic E-state index is -0.959. The average molecular weight is 430 g/mol. The molecule has 0 saturated carbocycles. The molecule has 30 heavy (non-hydrogen) atoms. The molecule has 0 saturated heterocycles. The van der Waals surface area contributed by atoms with Crippen LogP contribution >= 0.6 is 0 Å². The molecule has 0 aromatic carbocycles. The van der Waals surface area contributed by atoms with Crippen molar-refractivity contribution in [1.29, 1.82) is 0 Å². The standard InChI is InChI=1S/C20H30O10/c1-13(7-9-15(21)22)11-19(27)29-17(25)5-3-4-6-18(26)30-20(28)12-14(2)8-10-16(23)24/h13-14H,3-12H2,1-2H3,(H,21,22)(H,23,24). The molecule has 0 amide bonds. The fourth-order valence-electron chi connectivity index (χ4n) is 2.49. The van der Waals surface area contributed by atoms with Crippen molar-refractivity contribution < 1.29 is 48.5 Å². The van der Waals surface area contributed by atoms with Gasteiger partial charge in [-0.2, -0.15) is 0 Å². The van der Waals surface area contributed by atoms with Crippen LogP contribution < -0.4 is 0 Å². The fourth-order valence-corrected chi connectivity index (χ4v) is 2.49. The Morgan fingerprint density at radius 1 is 0.600 bits per heavy atom. The predicted octanol–water partition coefficient (Wildman–Crippen LogP) is 2.47. The molecule has 0 aromatic heterocycles. The van der Waals surface area contributed by atoms with Gasteiger partial charge < -0.3 is 19.7 Å². The monoisotopic (exact) mass is 430 g/mol. The van der Waals surface area contributed by atoms with Crippen LogP contribution in [0.5, 0.6) is 0 Å². The van der Waals surface area contributed by atoms with Crippen LogP contribution in [-0.2, 0) is 38.2 Å². The predicted molar refractivity (Wildman–Crippen MR) is 102 cm³/mol. The molecule has 0 heterocycles. The third-order valence-electron chi connectivity index (χ3n) is 4.20. The molecule has 0 rings (SSSR count). The van der Waals surface area contributed by atoms with Crippen molar-refractivity contribution in [3.05, 3.63) is 0 Å². The maximum Gasteiger partial charge on any atom is 0.313 e. The van der Waals surface area contributed by atoms with Gasteiger partial charge in [-0.25, -0.2) is 0 Å². The van der Waals surface area contributed by atoms with Gasteiger partial charge >= 0.3 is 35.8 Å². The molecule has 170 valence electrons. The van der Waals surface area contributed by atoms with Crippen molar-refractivity contribution in [2.24, 2.45) is 11.8 Å². The van der Waals surface area contributed by atoms with E-state index in [9.17, 15) is 28.8 Å². The van der Waals surface area contributed by atoms with Crippen molar-refractivity contribution in [1.82, 2.24) is 0 Å². The molecule has 2 unspecified atom stereocenters. The number of ether oxygens (including phenoxy) is 2. The van der Waals surface area contributed by atoms with E-state index in [2.05, 4.69) is 9.47 Å². The summed E-state index contributed by atoms with van der Waals surface area (Å²) in [5.41, 5.74) is 0. The third-order valence-corrected chi connectivity index (χ3v) is 4.20. The van der Waals surface area contributed by atoms with Gasteiger partial charge in [-0.1, -0.05) is 13.8 Å². The highest BCUT2D eigenvalue weighted by Gasteiger charge is 2.17. The van der Waals surface area contributed by atoms with E-state index in [-0.39, 0.29) is 63.2 Å². The Labute approximate surface area is 174 Å². The lowest BCUT2D eigenvalue weighted by Gasteiger charge is -2.09. The highest BCUT2D eigenvalue weighted by atomic mass is 16.6. The number of unbranched alkanes of at least 4 members (excludes halogenated alkanes) is 1. The Morgan fingerprint density at radius 2 is 0.933 bits per heavy atom. The van der Waals surface area contributed by atoms with Crippen LogP contribution in [0.3, 0.4) is 0 Å². The fraction of sp³-hybridized carbons (Fsp3) is 0.700. The lowest BCUT2D eigenvalue weighted by Crippen LogP contribution is -2.16. The normalized spacial score (nSPS) is 12.5. The summed E-state index contributed by atoms with van der Waals surface area (Å²) in [5, 5.41) is 17.2. The maximum absolute atomic E-state index is 11.6. The van der Waals surface area contributed by atoms with Crippen LogP contribution in [0.2, 0.25) is 0 Å². The molecule has 0 aromatic rings. The van der Waals surface area contributed by atoms with E-state index in [4.69, 9.17) is 10.2 Å². The smallest absolute Gasteiger partial charge is 0.313 e. The van der Waals surface area contributed by atoms with Crippen molar-refractivity contribution in [2.45, 2.75) is 78.1 Å². The van der Waals surface area contributed by atoms with Crippen LogP contribution in [0.4, 0.5) is 0 Å². The summed E-state index contributed by atoms with van der Waals surface area (Å²) < 4.78 is 9.29. The van der Waals surface area contributed by atoms with E-state index < -0.39 is 35.8 Å². The van der Waals surface area contributed by atoms with Gasteiger partial charge in [0.15, 0.2) is 0 Å². The zero-order chi connectivity index (χ0) is 23.1. The number of rotatable bonds is 15. The summed E-state index contributed by atoms with van der Waals surface area (Å²) >= 11 is 0. The molecule has 10 heteroatoms. The number of carbonyl (C=O) groups excluding carboxylic acids is 4. The van der Waals surface area contributed by atoms with Gasteiger partial charge in [0.1, 0.15) is 0 Å². The number of esters is 4. The molecule has 0 bridgehead atoms. The molecular weight excluding hydrogens is 400 g/mol. The topological polar surface area (TPSA) is 161 Å². The summed E-state index contributed by atoms with van der Waals surface area (Å²) in [5.74, 6) is -5.27. The molecular formula is C20H30O10. The minimum Gasteiger partial charge on any atom is -0.481 e. The van der Waals surface area contributed by atoms with E-state index in [1.165, 1.54) is 0 Å². The SMILES string of the molecule is CC(CCC(=O)O)CC(=O)OC(=O)CCCCC(=O)OC(=O)CC(C)CCC(=O)O. The average Bonchev–Trinajstić information content (AvgIpc) is 2.61. The van der Waals surface area contributed by atoms with Crippen LogP contribution in [0.1, 0.15) is 78.1 Å². The Bertz CT molecular complexity index is 571. The Balaban J connectivity index is 3.91. The molecule has 0 fully saturated rings. The van der Waals surface area contributed by atoms with Crippen molar-refractivity contribution in [3.63, 3.8) is 0 Å². The molecule has 0 spiro atoms. The Kier molecular flexibility index (Phi) is 13.7. The van der Waals surface area contributed by atoms with E-state index in [0.717, 1.165) is 0 Å². The Hall–Kier alpha value is -2.78. The molecule has 0 aliphatic carbocycles. The van der Waals surface area contributed by atoms with Crippen LogP contribution in [0.25, 0.3) is 0 Å². The van der Waals surface area contributed by atoms with Gasteiger partial charge in [-0.05, 0) is 37.5 Å². The Morgan fingerprint density at radius 3 is 1.23 bits per heavy atom. The summed E-state index contributed by atoms with van der Waals surface area (Å²) in [4.78, 5) is 67.4. The van der Waals surface area contributed by atoms with Gasteiger partial charge in [0, 0.05) is 38.5 Å². The van der Waals surface area contributed by atoms with Gasteiger partial charge in [-0.15, -0.1) is 0 Å². The van der Waals surface area contributed by atoms with E-state index in [0.29, 0.717) is 12.8 Å². The van der Waals surface area contributed by atoms with Crippen molar-refractivity contribution >= 4 is 35.8 Å². The van der Waals surface area contributed by atoms with Crippen molar-refractivity contribution in [2.75, 3.05) is 0 Å². The van der Waals surface area contributed by atoms with Crippen LogP contribution in [-0.4, -0.2) is 46.0 Å². The minimum absolute atomic E-state index is 0.0572. The second-order valence-corrected chi connectivity index (χ2v) is 7.38. The zero-order valence-electron chi connectivity index (χ0n) is 17.4. The van der Waals surface area contributed by atoms with Crippen molar-refractivity contribution in [3.8, 4) is 0 Å². The first-order valence-electron chi connectivity index (χ1n) is 9.90. The number of hydrogen-bond acceptors (Lipinski definition) is 8. The lowest BCUT2D eigenvalue weighted by atomic mass is 10.0. The highest BCUT2D eigenvalue weighted by Crippen LogP contribution is 2.13. The summed E-state index contributed by atoms with van der Waals surface area (Å²) in [6.07, 6.45) is 0.722. The van der Waals surface area contributed by atoms with E-state index in [1.54, 1.807) is 13.8 Å². The summed E-state index contributed by atoms with van der Waals surface area (Å²) in [6, 6.07) is 0. The molecule has 2 N–H and O–H groups in total. The molecule has 10 nitrogen and oxygen atoms in total. The summed E-state index contributed by atoms with van der Waals surface area (Å²) in [6.45, 7) is 3.38. The van der Waals surface area contributed by atoms with Crippen LogP contribution in [0, 0.1) is 11.8 Å². The second kappa shape index (κ2) is 15.1. The first-order valence-corrected chi connectivity index (χ1v) is 9.90. The maximum atomic E-state index is 11.6. The van der Waals surface area contributed by atoms with Gasteiger partial charge in [0.2, 0.25) is 0 Å². The number of carboxylic acid groups (broad SMARTS) is 2. The first-order chi connectivity index (χ1) is 14.0. The molecule has 0 aliphatic heterocycles. The molecule has 0 aliphatic rings. The lowest BCUT2D eigenvalue weighted by molar-refractivity contribution is -0.163. The number of hydrogen-bond donors (Lipinski definition) is 2. The first kappa shape index (κ1) is 27.2. The molecule has 2 atom stereocenters. The number of aliphatic carboxylic acids is 2. The second-order valence-electron chi connectivity index (χ2n) is 7.38. The van der Waals surface area contributed by atoms with Gasteiger partial charge in [0.25, 0.3) is 0 Å². The number of carboxylic acids is 2. The van der Waals surface area contributed by atoms with E-state index in [1.807, 2.05) is 0 Å². The highest BCUT2D eigenvalue weighted by molar-refractivity contribution is 5.86. The third kappa shape index (κ3) is 16.2. The molecule has 0 radical (unpaired) electrons.